The molecule has 1 unspecified atom stereocenters. The second kappa shape index (κ2) is 6.40. The van der Waals surface area contributed by atoms with E-state index >= 15 is 0 Å². The second-order valence-electron chi connectivity index (χ2n) is 6.63. The Kier molecular flexibility index (Phi) is 4.06. The molecule has 0 N–H and O–H groups in total. The van der Waals surface area contributed by atoms with Crippen molar-refractivity contribution in [1.82, 2.24) is 19.5 Å². The van der Waals surface area contributed by atoms with E-state index in [0.29, 0.717) is 11.8 Å². The number of anilines is 2. The van der Waals surface area contributed by atoms with Gasteiger partial charge in [0.2, 0.25) is 11.9 Å². The minimum atomic E-state index is -0.121. The van der Waals surface area contributed by atoms with Gasteiger partial charge in [0.25, 0.3) is 0 Å². The molecule has 0 saturated carbocycles. The lowest BCUT2D eigenvalue weighted by Gasteiger charge is -2.43. The van der Waals surface area contributed by atoms with Gasteiger partial charge in [0.15, 0.2) is 5.82 Å². The Morgan fingerprint density at radius 2 is 2.19 bits per heavy atom. The lowest BCUT2D eigenvalue weighted by Crippen LogP contribution is -2.54. The second-order valence-corrected chi connectivity index (χ2v) is 6.63. The topological polar surface area (TPSA) is 67.2 Å². The van der Waals surface area contributed by atoms with E-state index < -0.39 is 0 Å². The normalized spacial score (nSPS) is 19.6. The van der Waals surface area contributed by atoms with Crippen molar-refractivity contribution in [2.24, 2.45) is 0 Å². The van der Waals surface area contributed by atoms with Crippen LogP contribution in [0.15, 0.2) is 37.3 Å². The van der Waals surface area contributed by atoms with Crippen LogP contribution >= 0.6 is 0 Å². The molecule has 1 saturated heterocycles. The molecule has 4 heterocycles. The van der Waals surface area contributed by atoms with Gasteiger partial charge in [0.05, 0.1) is 6.20 Å². The highest BCUT2D eigenvalue weighted by atomic mass is 16.2. The molecule has 2 aliphatic rings. The van der Waals surface area contributed by atoms with Crippen molar-refractivity contribution in [3.05, 3.63) is 43.1 Å². The fourth-order valence-electron chi connectivity index (χ4n) is 3.68. The maximum Gasteiger partial charge on any atom is 0.249 e. The van der Waals surface area contributed by atoms with Gasteiger partial charge in [-0.15, -0.1) is 0 Å². The maximum absolute atomic E-state index is 12.6. The Bertz CT molecular complexity index is 899. The summed E-state index contributed by atoms with van der Waals surface area (Å²) in [6, 6.07) is -0.121. The molecule has 0 radical (unpaired) electrons. The van der Waals surface area contributed by atoms with Gasteiger partial charge in [-0.3, -0.25) is 9.36 Å². The van der Waals surface area contributed by atoms with Crippen molar-refractivity contribution in [3.8, 4) is 5.95 Å². The zero-order valence-corrected chi connectivity index (χ0v) is 15.1. The van der Waals surface area contributed by atoms with Crippen molar-refractivity contribution in [2.75, 3.05) is 23.4 Å². The highest BCUT2D eigenvalue weighted by Crippen LogP contribution is 2.37. The number of aromatic nitrogens is 4. The standard InChI is InChI=1S/C19H22N6O/c1-4-7-13(2)16-20-9-11-25(16)19-21-12-15-17(22-19)24-10-6-5-8-14(24)18(26)23(15)3/h4,7,9,11-12,14H,2,5-6,8,10H2,1,3H3/b7-4-. The summed E-state index contributed by atoms with van der Waals surface area (Å²) in [5.74, 6) is 2.18. The number of amides is 1. The average Bonchev–Trinajstić information content (AvgIpc) is 3.16. The van der Waals surface area contributed by atoms with Crippen molar-refractivity contribution in [1.29, 1.82) is 0 Å². The number of piperidine rings is 1. The molecule has 4 rings (SSSR count). The number of hydrogen-bond donors (Lipinski definition) is 0. The molecular weight excluding hydrogens is 328 g/mol. The van der Waals surface area contributed by atoms with Gasteiger partial charge >= 0.3 is 0 Å². The molecule has 1 amide bonds. The summed E-state index contributed by atoms with van der Waals surface area (Å²) in [7, 11) is 1.80. The molecule has 0 spiro atoms. The van der Waals surface area contributed by atoms with Crippen LogP contribution in [0.1, 0.15) is 32.0 Å². The molecule has 7 nitrogen and oxygen atoms in total. The van der Waals surface area contributed by atoms with Crippen LogP contribution in [-0.2, 0) is 4.79 Å². The zero-order valence-electron chi connectivity index (χ0n) is 15.1. The predicted octanol–water partition coefficient (Wildman–Crippen LogP) is 2.59. The number of likely N-dealkylation sites (N-methyl/N-ethyl adjacent to an activating group) is 1. The first-order valence-electron chi connectivity index (χ1n) is 8.88. The first-order chi connectivity index (χ1) is 12.6. The molecule has 134 valence electrons. The van der Waals surface area contributed by atoms with Gasteiger partial charge in [-0.05, 0) is 26.2 Å². The van der Waals surface area contributed by atoms with E-state index in [1.807, 2.05) is 29.8 Å². The summed E-state index contributed by atoms with van der Waals surface area (Å²) in [6.45, 7) is 6.84. The number of rotatable bonds is 3. The number of nitrogens with zero attached hydrogens (tertiary/aromatic N) is 6. The first kappa shape index (κ1) is 16.5. The third kappa shape index (κ3) is 2.51. The SMILES string of the molecule is C=C(/C=C\C)c1nccn1-c1ncc2c(n1)N1CCCCC1C(=O)N2C. The van der Waals surface area contributed by atoms with Gasteiger partial charge in [-0.25, -0.2) is 9.97 Å². The van der Waals surface area contributed by atoms with Crippen LogP contribution in [0, 0.1) is 0 Å². The maximum atomic E-state index is 12.6. The summed E-state index contributed by atoms with van der Waals surface area (Å²) < 4.78 is 1.83. The van der Waals surface area contributed by atoms with Gasteiger partial charge in [0, 0.05) is 31.6 Å². The van der Waals surface area contributed by atoms with E-state index in [2.05, 4.69) is 21.4 Å². The Balaban J connectivity index is 1.80. The highest BCUT2D eigenvalue weighted by molar-refractivity contribution is 6.04. The fraction of sp³-hybridized carbons (Fsp3) is 0.368. The predicted molar refractivity (Wildman–Crippen MR) is 101 cm³/mol. The number of carbonyl (C=O) groups excluding carboxylic acids is 1. The van der Waals surface area contributed by atoms with E-state index in [-0.39, 0.29) is 11.9 Å². The molecule has 2 aliphatic heterocycles. The van der Waals surface area contributed by atoms with Crippen molar-refractivity contribution >= 4 is 23.0 Å². The van der Waals surface area contributed by atoms with Crippen LogP contribution in [0.25, 0.3) is 11.5 Å². The Hall–Kier alpha value is -2.96. The van der Waals surface area contributed by atoms with Gasteiger partial charge in [-0.1, -0.05) is 18.7 Å². The number of hydrogen-bond acceptors (Lipinski definition) is 5. The molecule has 7 heteroatoms. The summed E-state index contributed by atoms with van der Waals surface area (Å²) in [4.78, 5) is 30.1. The first-order valence-corrected chi connectivity index (χ1v) is 8.88. The minimum Gasteiger partial charge on any atom is -0.343 e. The smallest absolute Gasteiger partial charge is 0.249 e. The molecule has 0 aromatic carbocycles. The molecular formula is C19H22N6O. The Morgan fingerprint density at radius 3 is 3.00 bits per heavy atom. The van der Waals surface area contributed by atoms with Crippen molar-refractivity contribution in [2.45, 2.75) is 32.2 Å². The average molecular weight is 350 g/mol. The van der Waals surface area contributed by atoms with E-state index in [0.717, 1.165) is 42.9 Å². The molecule has 0 bridgehead atoms. The number of allylic oxidation sites excluding steroid dienone is 3. The van der Waals surface area contributed by atoms with Crippen LogP contribution in [-0.4, -0.2) is 45.1 Å². The van der Waals surface area contributed by atoms with E-state index in [1.54, 1.807) is 24.3 Å². The Morgan fingerprint density at radius 1 is 1.35 bits per heavy atom. The van der Waals surface area contributed by atoms with Gasteiger partial charge in [-0.2, -0.15) is 4.98 Å². The highest BCUT2D eigenvalue weighted by Gasteiger charge is 2.39. The van der Waals surface area contributed by atoms with Gasteiger partial charge in [0.1, 0.15) is 17.6 Å². The minimum absolute atomic E-state index is 0.121. The third-order valence-electron chi connectivity index (χ3n) is 5.00. The van der Waals surface area contributed by atoms with Crippen LogP contribution in [0.3, 0.4) is 0 Å². The van der Waals surface area contributed by atoms with Crippen molar-refractivity contribution < 1.29 is 4.79 Å². The summed E-state index contributed by atoms with van der Waals surface area (Å²) >= 11 is 0. The zero-order chi connectivity index (χ0) is 18.3. The summed E-state index contributed by atoms with van der Waals surface area (Å²) in [6.07, 6.45) is 12.1. The van der Waals surface area contributed by atoms with E-state index in [1.165, 1.54) is 0 Å². The van der Waals surface area contributed by atoms with E-state index in [4.69, 9.17) is 4.98 Å². The van der Waals surface area contributed by atoms with Crippen LogP contribution in [0.2, 0.25) is 0 Å². The molecule has 1 atom stereocenters. The number of carbonyl (C=O) groups is 1. The fourth-order valence-corrected chi connectivity index (χ4v) is 3.68. The third-order valence-corrected chi connectivity index (χ3v) is 5.00. The Labute approximate surface area is 152 Å². The number of imidazole rings is 1. The van der Waals surface area contributed by atoms with Crippen LogP contribution in [0.5, 0.6) is 0 Å². The van der Waals surface area contributed by atoms with E-state index in [9.17, 15) is 4.79 Å². The quantitative estimate of drug-likeness (QED) is 0.796. The monoisotopic (exact) mass is 350 g/mol. The lowest BCUT2D eigenvalue weighted by molar-refractivity contribution is -0.120. The molecule has 2 aromatic heterocycles. The molecule has 26 heavy (non-hydrogen) atoms. The summed E-state index contributed by atoms with van der Waals surface area (Å²) in [5.41, 5.74) is 1.55. The van der Waals surface area contributed by atoms with Gasteiger partial charge < -0.3 is 9.80 Å². The van der Waals surface area contributed by atoms with Crippen LogP contribution < -0.4 is 9.80 Å². The molecule has 1 fully saturated rings. The van der Waals surface area contributed by atoms with Crippen LogP contribution in [0.4, 0.5) is 11.5 Å². The number of fused-ring (bicyclic) bond motifs is 3. The molecule has 0 aliphatic carbocycles. The lowest BCUT2D eigenvalue weighted by atomic mass is 9.98. The largest absolute Gasteiger partial charge is 0.343 e. The summed E-state index contributed by atoms with van der Waals surface area (Å²) in [5, 5.41) is 0. The van der Waals surface area contributed by atoms with Crippen molar-refractivity contribution in [3.63, 3.8) is 0 Å². The molecule has 2 aromatic rings.